The smallest absolute Gasteiger partial charge is 0.240 e. The van der Waals surface area contributed by atoms with E-state index in [0.29, 0.717) is 18.8 Å². The van der Waals surface area contributed by atoms with Gasteiger partial charge in [0.25, 0.3) is 0 Å². The summed E-state index contributed by atoms with van der Waals surface area (Å²) in [5.74, 6) is -0.586. The fourth-order valence-corrected chi connectivity index (χ4v) is 5.52. The first kappa shape index (κ1) is 23.7. The van der Waals surface area contributed by atoms with E-state index in [4.69, 9.17) is 0 Å². The molecule has 3 rings (SSSR count). The molecule has 1 aliphatic carbocycles. The summed E-state index contributed by atoms with van der Waals surface area (Å²) >= 11 is 0. The summed E-state index contributed by atoms with van der Waals surface area (Å²) in [6.45, 7) is 1.97. The molecule has 1 heterocycles. The lowest BCUT2D eigenvalue weighted by molar-refractivity contribution is -0.128. The lowest BCUT2D eigenvalue weighted by Gasteiger charge is -2.22. The number of amides is 2. The zero-order valence-electron chi connectivity index (χ0n) is 18.5. The maximum Gasteiger partial charge on any atom is 0.240 e. The van der Waals surface area contributed by atoms with Crippen LogP contribution in [0.5, 0.6) is 0 Å². The summed E-state index contributed by atoms with van der Waals surface area (Å²) in [5.41, 5.74) is 0.528. The van der Waals surface area contributed by atoms with Crippen LogP contribution in [0.2, 0.25) is 0 Å². The molecule has 0 spiro atoms. The molecule has 9 heteroatoms. The van der Waals surface area contributed by atoms with Crippen molar-refractivity contribution in [2.75, 3.05) is 39.0 Å². The average molecular weight is 451 g/mol. The zero-order valence-corrected chi connectivity index (χ0v) is 19.3. The monoisotopic (exact) mass is 450 g/mol. The highest BCUT2D eigenvalue weighted by Gasteiger charge is 2.34. The summed E-state index contributed by atoms with van der Waals surface area (Å²) in [4.78, 5) is 28.8. The van der Waals surface area contributed by atoms with Crippen LogP contribution in [-0.4, -0.2) is 69.8 Å². The summed E-state index contributed by atoms with van der Waals surface area (Å²) < 4.78 is 28.0. The van der Waals surface area contributed by atoms with Gasteiger partial charge in [-0.05, 0) is 64.2 Å². The van der Waals surface area contributed by atoms with Crippen LogP contribution >= 0.6 is 0 Å². The lowest BCUT2D eigenvalue weighted by atomic mass is 9.96. The largest absolute Gasteiger partial charge is 0.342 e. The molecular weight excluding hydrogens is 416 g/mol. The minimum Gasteiger partial charge on any atom is -0.342 e. The zero-order chi connectivity index (χ0) is 22.4. The Kier molecular flexibility index (Phi) is 8.07. The van der Waals surface area contributed by atoms with E-state index in [1.54, 1.807) is 17.0 Å². The number of anilines is 1. The van der Waals surface area contributed by atoms with Gasteiger partial charge in [-0.1, -0.05) is 19.3 Å². The van der Waals surface area contributed by atoms with Gasteiger partial charge in [0.15, 0.2) is 0 Å². The number of nitrogens with one attached hydrogen (secondary N) is 2. The number of sulfonamides is 1. The molecule has 2 amide bonds. The van der Waals surface area contributed by atoms with Gasteiger partial charge >= 0.3 is 0 Å². The number of hydrogen-bond donors (Lipinski definition) is 2. The van der Waals surface area contributed by atoms with Gasteiger partial charge in [-0.15, -0.1) is 0 Å². The van der Waals surface area contributed by atoms with Gasteiger partial charge in [-0.3, -0.25) is 9.59 Å². The quantitative estimate of drug-likeness (QED) is 0.600. The molecule has 1 atom stereocenters. The van der Waals surface area contributed by atoms with E-state index in [0.717, 1.165) is 45.1 Å². The third-order valence-corrected chi connectivity index (χ3v) is 7.51. The maximum absolute atomic E-state index is 12.6. The SMILES string of the molecule is CN(C)CCCN1CC(C(=O)Nc2ccc(S(=O)(=O)NC3CCCCC3)cc2)CC1=O. The van der Waals surface area contributed by atoms with Crippen molar-refractivity contribution in [2.24, 2.45) is 5.92 Å². The van der Waals surface area contributed by atoms with E-state index < -0.39 is 10.0 Å². The molecule has 1 aromatic carbocycles. The van der Waals surface area contributed by atoms with Crippen molar-refractivity contribution in [2.45, 2.75) is 55.9 Å². The van der Waals surface area contributed by atoms with Crippen molar-refractivity contribution in [3.8, 4) is 0 Å². The highest BCUT2D eigenvalue weighted by molar-refractivity contribution is 7.89. The van der Waals surface area contributed by atoms with Crippen LogP contribution in [0.1, 0.15) is 44.9 Å². The maximum atomic E-state index is 12.6. The Balaban J connectivity index is 1.52. The number of likely N-dealkylation sites (tertiary alicyclic amines) is 1. The van der Waals surface area contributed by atoms with Crippen LogP contribution in [0, 0.1) is 5.92 Å². The third-order valence-electron chi connectivity index (χ3n) is 5.98. The van der Waals surface area contributed by atoms with Crippen LogP contribution in [0.25, 0.3) is 0 Å². The Hall–Kier alpha value is -1.97. The minimum atomic E-state index is -3.57. The number of rotatable bonds is 9. The number of carbonyl (C=O) groups is 2. The highest BCUT2D eigenvalue weighted by atomic mass is 32.2. The number of benzene rings is 1. The fraction of sp³-hybridized carbons (Fsp3) is 0.636. The molecule has 2 aliphatic rings. The van der Waals surface area contributed by atoms with Crippen LogP contribution in [0.15, 0.2) is 29.2 Å². The van der Waals surface area contributed by atoms with Gasteiger partial charge in [0.2, 0.25) is 21.8 Å². The highest BCUT2D eigenvalue weighted by Crippen LogP contribution is 2.23. The molecule has 1 saturated heterocycles. The summed E-state index contributed by atoms with van der Waals surface area (Å²) in [6.07, 6.45) is 6.10. The minimum absolute atomic E-state index is 0.00120. The molecule has 0 bridgehead atoms. The van der Waals surface area contributed by atoms with E-state index in [1.165, 1.54) is 12.1 Å². The van der Waals surface area contributed by atoms with E-state index >= 15 is 0 Å². The summed E-state index contributed by atoms with van der Waals surface area (Å²) in [5, 5.41) is 2.82. The third kappa shape index (κ3) is 6.75. The van der Waals surface area contributed by atoms with E-state index in [1.807, 2.05) is 14.1 Å². The molecule has 172 valence electrons. The van der Waals surface area contributed by atoms with Crippen molar-refractivity contribution in [3.05, 3.63) is 24.3 Å². The van der Waals surface area contributed by atoms with Crippen molar-refractivity contribution < 1.29 is 18.0 Å². The van der Waals surface area contributed by atoms with E-state index in [-0.39, 0.29) is 35.1 Å². The molecule has 1 unspecified atom stereocenters. The van der Waals surface area contributed by atoms with Crippen molar-refractivity contribution in [1.29, 1.82) is 0 Å². The van der Waals surface area contributed by atoms with Crippen LogP contribution in [0.4, 0.5) is 5.69 Å². The Bertz CT molecular complexity index is 864. The van der Waals surface area contributed by atoms with Crippen molar-refractivity contribution in [3.63, 3.8) is 0 Å². The first-order valence-electron chi connectivity index (χ1n) is 11.1. The second-order valence-electron chi connectivity index (χ2n) is 8.87. The molecular formula is C22H34N4O4S. The second-order valence-corrected chi connectivity index (χ2v) is 10.6. The van der Waals surface area contributed by atoms with Crippen LogP contribution in [-0.2, 0) is 19.6 Å². The Labute approximate surface area is 185 Å². The molecule has 1 aromatic rings. The molecule has 2 fully saturated rings. The summed E-state index contributed by atoms with van der Waals surface area (Å²) in [6, 6.07) is 6.21. The summed E-state index contributed by atoms with van der Waals surface area (Å²) in [7, 11) is 0.413. The number of carbonyl (C=O) groups excluding carboxylic acids is 2. The van der Waals surface area contributed by atoms with Crippen molar-refractivity contribution in [1.82, 2.24) is 14.5 Å². The molecule has 0 aromatic heterocycles. The van der Waals surface area contributed by atoms with Gasteiger partial charge in [0.05, 0.1) is 10.8 Å². The van der Waals surface area contributed by atoms with Gasteiger partial charge in [0, 0.05) is 31.2 Å². The predicted molar refractivity (Wildman–Crippen MR) is 120 cm³/mol. The Morgan fingerprint density at radius 3 is 2.45 bits per heavy atom. The van der Waals surface area contributed by atoms with Crippen molar-refractivity contribution >= 4 is 27.5 Å². The van der Waals surface area contributed by atoms with E-state index in [2.05, 4.69) is 14.9 Å². The fourth-order valence-electron chi connectivity index (χ4n) is 4.21. The van der Waals surface area contributed by atoms with Crippen LogP contribution in [0.3, 0.4) is 0 Å². The Morgan fingerprint density at radius 1 is 1.13 bits per heavy atom. The standard InChI is InChI=1S/C22H34N4O4S/c1-25(2)13-6-14-26-16-17(15-21(26)27)22(28)23-18-9-11-20(12-10-18)31(29,30)24-19-7-4-3-5-8-19/h9-12,17,19,24H,3-8,13-16H2,1-2H3,(H,23,28). The average Bonchev–Trinajstić information content (AvgIpc) is 3.09. The second kappa shape index (κ2) is 10.6. The van der Waals surface area contributed by atoms with Gasteiger partial charge < -0.3 is 15.1 Å². The molecule has 0 radical (unpaired) electrons. The first-order valence-corrected chi connectivity index (χ1v) is 12.6. The number of nitrogens with zero attached hydrogens (tertiary/aromatic N) is 2. The lowest BCUT2D eigenvalue weighted by Crippen LogP contribution is -2.36. The van der Waals surface area contributed by atoms with E-state index in [9.17, 15) is 18.0 Å². The number of hydrogen-bond acceptors (Lipinski definition) is 5. The van der Waals surface area contributed by atoms with Gasteiger partial charge in [0.1, 0.15) is 0 Å². The molecule has 2 N–H and O–H groups in total. The first-order chi connectivity index (χ1) is 14.7. The van der Waals surface area contributed by atoms with Crippen LogP contribution < -0.4 is 10.0 Å². The molecule has 8 nitrogen and oxygen atoms in total. The van der Waals surface area contributed by atoms with Gasteiger partial charge in [-0.25, -0.2) is 13.1 Å². The molecule has 1 aliphatic heterocycles. The topological polar surface area (TPSA) is 98.8 Å². The normalized spacial score (nSPS) is 20.4. The molecule has 1 saturated carbocycles. The Morgan fingerprint density at radius 2 is 1.81 bits per heavy atom. The predicted octanol–water partition coefficient (Wildman–Crippen LogP) is 2.04. The molecule has 31 heavy (non-hydrogen) atoms. The van der Waals surface area contributed by atoms with Gasteiger partial charge in [-0.2, -0.15) is 0 Å².